The maximum atomic E-state index is 13.9. The van der Waals surface area contributed by atoms with Gasteiger partial charge in [-0.3, -0.25) is 4.79 Å². The van der Waals surface area contributed by atoms with Gasteiger partial charge in [0.05, 0.1) is 0 Å². The van der Waals surface area contributed by atoms with Crippen molar-refractivity contribution in [2.24, 2.45) is 5.92 Å². The molecule has 40 heavy (non-hydrogen) atoms. The molecule has 0 bridgehead atoms. The van der Waals surface area contributed by atoms with Crippen LogP contribution in [0, 0.1) is 5.92 Å². The molecule has 0 spiro atoms. The van der Waals surface area contributed by atoms with Gasteiger partial charge in [0.2, 0.25) is 11.8 Å². The topological polar surface area (TPSA) is 98.2 Å². The average molecular weight is 550 g/mol. The summed E-state index contributed by atoms with van der Waals surface area (Å²) in [6, 6.07) is 7.36. The Morgan fingerprint density at radius 2 is 1.62 bits per heavy atom. The molecule has 0 radical (unpaired) electrons. The van der Waals surface area contributed by atoms with Gasteiger partial charge in [-0.15, -0.1) is 0 Å². The largest absolute Gasteiger partial charge is 0.334 e. The lowest BCUT2D eigenvalue weighted by Crippen LogP contribution is -2.40. The Morgan fingerprint density at radius 3 is 2.33 bits per heavy atom. The predicted octanol–water partition coefficient (Wildman–Crippen LogP) is 7.08. The zero-order chi connectivity index (χ0) is 27.9. The fourth-order valence-electron chi connectivity index (χ4n) is 5.09. The van der Waals surface area contributed by atoms with Crippen LogP contribution in [0.1, 0.15) is 93.6 Å². The molecule has 3 aliphatic rings. The number of alkyl halides is 2. The lowest BCUT2D eigenvalue weighted by atomic mass is 9.85. The van der Waals surface area contributed by atoms with E-state index in [1.807, 2.05) is 24.3 Å². The number of anilines is 1. The lowest BCUT2D eigenvalue weighted by Gasteiger charge is -2.32. The van der Waals surface area contributed by atoms with Gasteiger partial charge >= 0.3 is 0 Å². The molecule has 1 aromatic carbocycles. The van der Waals surface area contributed by atoms with Gasteiger partial charge < -0.3 is 13.9 Å². The number of allylic oxidation sites excluding steroid dienone is 1. The second-order valence-electron chi connectivity index (χ2n) is 11.4. The molecule has 0 atom stereocenters. The second kappa shape index (κ2) is 10.7. The van der Waals surface area contributed by atoms with Gasteiger partial charge in [-0.05, 0) is 69.6 Å². The molecule has 6 rings (SSSR count). The normalized spacial score (nSPS) is 18.9. The molecular weight excluding hydrogens is 516 g/mol. The molecule has 3 aliphatic carbocycles. The van der Waals surface area contributed by atoms with Crippen LogP contribution in [0.15, 0.2) is 52.0 Å². The van der Waals surface area contributed by atoms with Crippen molar-refractivity contribution in [3.05, 3.63) is 60.5 Å². The summed E-state index contributed by atoms with van der Waals surface area (Å²) in [5.74, 6) is -0.353. The lowest BCUT2D eigenvalue weighted by molar-refractivity contribution is -0.126. The van der Waals surface area contributed by atoms with Crippen molar-refractivity contribution in [2.75, 3.05) is 11.4 Å². The summed E-state index contributed by atoms with van der Waals surface area (Å²) in [4.78, 5) is 24.4. The van der Waals surface area contributed by atoms with Gasteiger partial charge in [0.15, 0.2) is 11.6 Å². The second-order valence-corrected chi connectivity index (χ2v) is 11.4. The van der Waals surface area contributed by atoms with E-state index in [-0.39, 0.29) is 38.1 Å². The Morgan fingerprint density at radius 1 is 0.950 bits per heavy atom. The fraction of sp³-hybridized carbons (Fsp3) is 0.500. The highest BCUT2D eigenvalue weighted by molar-refractivity contribution is 5.96. The SMILES string of the molecule is C=C(CCC(=C)c1nc(C2CC2)no1)CN(C(=O)C1CCC(F)(F)CC1)c1cccc(-c2nc(C3CC3)no2)c1. The number of carbonyl (C=O) groups is 1. The predicted molar refractivity (Wildman–Crippen MR) is 145 cm³/mol. The van der Waals surface area contributed by atoms with Crippen molar-refractivity contribution < 1.29 is 22.6 Å². The molecule has 0 aliphatic heterocycles. The van der Waals surface area contributed by atoms with Crippen LogP contribution < -0.4 is 4.90 Å². The fourth-order valence-corrected chi connectivity index (χ4v) is 5.09. The molecule has 3 aromatic rings. The van der Waals surface area contributed by atoms with Crippen LogP contribution in [0.4, 0.5) is 14.5 Å². The number of hydrogen-bond acceptors (Lipinski definition) is 7. The number of rotatable bonds is 11. The highest BCUT2D eigenvalue weighted by Crippen LogP contribution is 2.41. The van der Waals surface area contributed by atoms with Crippen molar-refractivity contribution in [3.8, 4) is 11.5 Å². The Kier molecular flexibility index (Phi) is 7.10. The molecule has 2 aromatic heterocycles. The summed E-state index contributed by atoms with van der Waals surface area (Å²) in [6.45, 7) is 8.58. The average Bonchev–Trinajstić information content (AvgIpc) is 3.88. The van der Waals surface area contributed by atoms with E-state index in [1.165, 1.54) is 0 Å². The summed E-state index contributed by atoms with van der Waals surface area (Å²) < 4.78 is 38.6. The Bertz CT molecular complexity index is 1410. The highest BCUT2D eigenvalue weighted by atomic mass is 19.3. The van der Waals surface area contributed by atoms with Crippen molar-refractivity contribution in [3.63, 3.8) is 0 Å². The molecule has 8 nitrogen and oxygen atoms in total. The summed E-state index contributed by atoms with van der Waals surface area (Å²) in [7, 11) is 0. The molecule has 0 N–H and O–H groups in total. The molecular formula is C30H33F2N5O3. The molecule has 210 valence electrons. The third kappa shape index (κ3) is 6.05. The Hall–Kier alpha value is -3.69. The summed E-state index contributed by atoms with van der Waals surface area (Å²) >= 11 is 0. The molecule has 10 heteroatoms. The molecule has 3 fully saturated rings. The van der Waals surface area contributed by atoms with Crippen molar-refractivity contribution in [2.45, 2.75) is 82.0 Å². The minimum Gasteiger partial charge on any atom is -0.334 e. The van der Waals surface area contributed by atoms with Crippen LogP contribution in [-0.2, 0) is 4.79 Å². The van der Waals surface area contributed by atoms with E-state index < -0.39 is 11.8 Å². The number of carbonyl (C=O) groups excluding carboxylic acids is 1. The van der Waals surface area contributed by atoms with Crippen LogP contribution in [-0.4, -0.2) is 38.7 Å². The van der Waals surface area contributed by atoms with Crippen LogP contribution in [0.3, 0.4) is 0 Å². The first-order valence-corrected chi connectivity index (χ1v) is 14.1. The third-order valence-corrected chi connectivity index (χ3v) is 7.97. The summed E-state index contributed by atoms with van der Waals surface area (Å²) in [5.41, 5.74) is 2.86. The van der Waals surface area contributed by atoms with E-state index in [1.54, 1.807) is 4.90 Å². The summed E-state index contributed by atoms with van der Waals surface area (Å²) in [6.07, 6.45) is 5.14. The molecule has 0 saturated heterocycles. The Labute approximate surface area is 231 Å². The van der Waals surface area contributed by atoms with Crippen LogP contribution in [0.2, 0.25) is 0 Å². The number of amides is 1. The van der Waals surface area contributed by atoms with E-state index in [0.717, 1.165) is 42.7 Å². The van der Waals surface area contributed by atoms with E-state index in [0.29, 0.717) is 53.5 Å². The van der Waals surface area contributed by atoms with Crippen LogP contribution in [0.25, 0.3) is 17.0 Å². The van der Waals surface area contributed by atoms with E-state index >= 15 is 0 Å². The van der Waals surface area contributed by atoms with E-state index in [2.05, 4.69) is 33.4 Å². The molecule has 2 heterocycles. The number of nitrogens with zero attached hydrogens (tertiary/aromatic N) is 5. The zero-order valence-electron chi connectivity index (χ0n) is 22.5. The molecule has 1 amide bonds. The van der Waals surface area contributed by atoms with Gasteiger partial charge in [-0.25, -0.2) is 8.78 Å². The zero-order valence-corrected chi connectivity index (χ0v) is 22.5. The van der Waals surface area contributed by atoms with Crippen molar-refractivity contribution in [1.29, 1.82) is 0 Å². The van der Waals surface area contributed by atoms with Crippen LogP contribution in [0.5, 0.6) is 0 Å². The number of aromatic nitrogens is 4. The maximum Gasteiger partial charge on any atom is 0.258 e. The van der Waals surface area contributed by atoms with Gasteiger partial charge in [0.1, 0.15) is 0 Å². The number of halogens is 2. The molecule has 3 saturated carbocycles. The van der Waals surface area contributed by atoms with E-state index in [4.69, 9.17) is 9.05 Å². The van der Waals surface area contributed by atoms with Crippen LogP contribution >= 0.6 is 0 Å². The maximum absolute atomic E-state index is 13.9. The minimum absolute atomic E-state index is 0.153. The molecule has 0 unspecified atom stereocenters. The smallest absolute Gasteiger partial charge is 0.258 e. The van der Waals surface area contributed by atoms with Crippen molar-refractivity contribution >= 4 is 17.2 Å². The highest BCUT2D eigenvalue weighted by Gasteiger charge is 2.39. The van der Waals surface area contributed by atoms with Gasteiger partial charge in [0, 0.05) is 54.0 Å². The minimum atomic E-state index is -2.71. The summed E-state index contributed by atoms with van der Waals surface area (Å²) in [5, 5.41) is 8.16. The standard InChI is InChI=1S/C30H33F2N5O3/c1-18(6-7-19(2)27-33-25(35-39-27)20-8-9-20)17-37(29(38)22-12-14-30(31,32)15-13-22)24-5-3-4-23(16-24)28-34-26(36-40-28)21-10-11-21/h3-5,16,20-22H,1-2,6-15,17H2. The first-order valence-electron chi connectivity index (χ1n) is 14.1. The van der Waals surface area contributed by atoms with E-state index in [9.17, 15) is 13.6 Å². The van der Waals surface area contributed by atoms with Gasteiger partial charge in [0.25, 0.3) is 11.8 Å². The third-order valence-electron chi connectivity index (χ3n) is 7.97. The Balaban J connectivity index is 1.17. The van der Waals surface area contributed by atoms with Gasteiger partial charge in [-0.2, -0.15) is 9.97 Å². The van der Waals surface area contributed by atoms with Crippen molar-refractivity contribution in [1.82, 2.24) is 20.3 Å². The van der Waals surface area contributed by atoms with Gasteiger partial charge in [-0.1, -0.05) is 35.1 Å². The first kappa shape index (κ1) is 26.5. The monoisotopic (exact) mass is 549 g/mol. The number of hydrogen-bond donors (Lipinski definition) is 0. The quantitative estimate of drug-likeness (QED) is 0.236. The number of benzene rings is 1. The first-order chi connectivity index (χ1) is 19.3.